The smallest absolute Gasteiger partial charge is 0.321 e. The zero-order chi connectivity index (χ0) is 35.8. The summed E-state index contributed by atoms with van der Waals surface area (Å²) in [5, 5.41) is 17.7. The summed E-state index contributed by atoms with van der Waals surface area (Å²) in [5.74, 6) is -0.495. The number of urea groups is 1. The number of carbonyl (C=O) groups is 2. The molecule has 0 bridgehead atoms. The first kappa shape index (κ1) is 37.6. The lowest BCUT2D eigenvalue weighted by atomic mass is 9.84. The lowest BCUT2D eigenvalue weighted by Crippen LogP contribution is -2.59. The van der Waals surface area contributed by atoms with Crippen LogP contribution in [0.2, 0.25) is 0 Å². The molecule has 2 N–H and O–H groups in total. The van der Waals surface area contributed by atoms with E-state index in [1.807, 2.05) is 77.1 Å². The summed E-state index contributed by atoms with van der Waals surface area (Å²) in [6.45, 7) is 10.4. The van der Waals surface area contributed by atoms with Crippen molar-refractivity contribution < 1.29 is 23.1 Å². The van der Waals surface area contributed by atoms with Gasteiger partial charge >= 0.3 is 6.03 Å². The van der Waals surface area contributed by atoms with Gasteiger partial charge in [0.25, 0.3) is 0 Å². The number of sulfonamides is 1. The van der Waals surface area contributed by atoms with E-state index in [0.29, 0.717) is 25.2 Å². The minimum absolute atomic E-state index is 0.0230. The van der Waals surface area contributed by atoms with Crippen molar-refractivity contribution in [3.05, 3.63) is 101 Å². The molecule has 12 nitrogen and oxygen atoms in total. The second-order valence-electron chi connectivity index (χ2n) is 14.0. The summed E-state index contributed by atoms with van der Waals surface area (Å²) in [6.07, 6.45) is 2.32. The quantitative estimate of drug-likeness (QED) is 0.211. The standard InChI is InChI=1S/C36H48N6O6S/c1-26(2)23-41(49(47,48)30-15-13-28(14-16-30)22-38-46)25-32(43)31(20-27-10-7-6-8-11-27)39-34(44)33(36(3,4)5)42-19-18-40(35(42)45)24-29-12-9-17-37-21-29/h6-17,21,26,31-33,43H,18-20,22-25H2,1-5H3,(H,39,44)/t31-,32+,33+/m0/s1. The van der Waals surface area contributed by atoms with E-state index in [4.69, 9.17) is 0 Å². The van der Waals surface area contributed by atoms with Crippen molar-refractivity contribution in [2.75, 3.05) is 26.2 Å². The van der Waals surface area contributed by atoms with Crippen molar-refractivity contribution in [3.8, 4) is 0 Å². The van der Waals surface area contributed by atoms with E-state index < -0.39 is 39.5 Å². The molecule has 49 heavy (non-hydrogen) atoms. The molecule has 264 valence electrons. The summed E-state index contributed by atoms with van der Waals surface area (Å²) in [7, 11) is -4.06. The Balaban J connectivity index is 1.59. The Labute approximate surface area is 289 Å². The first-order chi connectivity index (χ1) is 23.2. The SMILES string of the molecule is CC(C)CN(C[C@@H](O)[C@H](Cc1ccccc1)NC(=O)[C@@H](N1CCN(Cc2cccnc2)C1=O)C(C)(C)C)S(=O)(=O)c1ccc(CN=O)cc1. The number of benzene rings is 2. The highest BCUT2D eigenvalue weighted by Gasteiger charge is 2.44. The van der Waals surface area contributed by atoms with Gasteiger partial charge in [-0.3, -0.25) is 9.78 Å². The van der Waals surface area contributed by atoms with Crippen LogP contribution in [0.3, 0.4) is 0 Å². The molecule has 2 aromatic carbocycles. The van der Waals surface area contributed by atoms with Crippen molar-refractivity contribution >= 4 is 22.0 Å². The number of aliphatic hydroxyl groups excluding tert-OH is 1. The molecule has 1 fully saturated rings. The highest BCUT2D eigenvalue weighted by atomic mass is 32.2. The van der Waals surface area contributed by atoms with Gasteiger partial charge in [-0.2, -0.15) is 9.21 Å². The molecule has 0 saturated carbocycles. The van der Waals surface area contributed by atoms with Crippen molar-refractivity contribution in [1.82, 2.24) is 24.4 Å². The highest BCUT2D eigenvalue weighted by molar-refractivity contribution is 7.89. The molecule has 0 spiro atoms. The lowest BCUT2D eigenvalue weighted by molar-refractivity contribution is -0.130. The largest absolute Gasteiger partial charge is 0.390 e. The molecule has 1 aromatic heterocycles. The Hall–Kier alpha value is -4.20. The van der Waals surface area contributed by atoms with Gasteiger partial charge in [0.2, 0.25) is 15.9 Å². The maximum absolute atomic E-state index is 14.3. The van der Waals surface area contributed by atoms with Crippen LogP contribution >= 0.6 is 0 Å². The molecule has 4 rings (SSSR count). The van der Waals surface area contributed by atoms with Gasteiger partial charge in [0.05, 0.1) is 17.0 Å². The summed E-state index contributed by atoms with van der Waals surface area (Å²) < 4.78 is 29.0. The van der Waals surface area contributed by atoms with E-state index >= 15 is 0 Å². The predicted molar refractivity (Wildman–Crippen MR) is 188 cm³/mol. The van der Waals surface area contributed by atoms with Crippen LogP contribution in [0.15, 0.2) is 89.2 Å². The van der Waals surface area contributed by atoms with Gasteiger partial charge in [0.1, 0.15) is 12.6 Å². The van der Waals surface area contributed by atoms with Gasteiger partial charge in [-0.05, 0) is 52.6 Å². The number of pyridine rings is 1. The number of aliphatic hydroxyl groups is 1. The fraction of sp³-hybridized carbons (Fsp3) is 0.472. The first-order valence-electron chi connectivity index (χ1n) is 16.6. The molecule has 1 aliphatic heterocycles. The highest BCUT2D eigenvalue weighted by Crippen LogP contribution is 2.29. The van der Waals surface area contributed by atoms with Gasteiger partial charge in [0.15, 0.2) is 0 Å². The van der Waals surface area contributed by atoms with Crippen LogP contribution in [0.1, 0.15) is 51.3 Å². The Kier molecular flexibility index (Phi) is 12.6. The number of nitrogens with zero attached hydrogens (tertiary/aromatic N) is 5. The van der Waals surface area contributed by atoms with Gasteiger partial charge in [0, 0.05) is 45.1 Å². The molecular weight excluding hydrogens is 644 g/mol. The number of nitroso groups, excluding NO2 is 1. The number of nitrogens with one attached hydrogen (secondary N) is 1. The minimum Gasteiger partial charge on any atom is -0.390 e. The molecule has 0 radical (unpaired) electrons. The van der Waals surface area contributed by atoms with Crippen molar-refractivity contribution in [1.29, 1.82) is 0 Å². The van der Waals surface area contributed by atoms with E-state index in [1.165, 1.54) is 16.4 Å². The summed E-state index contributed by atoms with van der Waals surface area (Å²) in [6, 6.07) is 17.0. The minimum atomic E-state index is -4.06. The molecule has 3 atom stereocenters. The third-order valence-electron chi connectivity index (χ3n) is 8.46. The Morgan fingerprint density at radius 2 is 1.65 bits per heavy atom. The van der Waals surface area contributed by atoms with Gasteiger partial charge in [-0.25, -0.2) is 13.2 Å². The number of carbonyl (C=O) groups excluding carboxylic acids is 2. The predicted octanol–water partition coefficient (Wildman–Crippen LogP) is 4.44. The van der Waals surface area contributed by atoms with Gasteiger partial charge in [-0.1, -0.05) is 88.3 Å². The Bertz CT molecular complexity index is 1650. The Morgan fingerprint density at radius 1 is 0.980 bits per heavy atom. The maximum atomic E-state index is 14.3. The summed E-state index contributed by atoms with van der Waals surface area (Å²) >= 11 is 0. The normalized spacial score (nSPS) is 15.8. The van der Waals surface area contributed by atoms with E-state index in [9.17, 15) is 28.0 Å². The second-order valence-corrected chi connectivity index (χ2v) is 16.0. The van der Waals surface area contributed by atoms with E-state index in [1.54, 1.807) is 34.3 Å². The third kappa shape index (κ3) is 9.93. The lowest BCUT2D eigenvalue weighted by Gasteiger charge is -2.38. The fourth-order valence-corrected chi connectivity index (χ4v) is 7.74. The second kappa shape index (κ2) is 16.5. The maximum Gasteiger partial charge on any atom is 0.321 e. The Morgan fingerprint density at radius 3 is 2.24 bits per heavy atom. The molecule has 1 saturated heterocycles. The average Bonchev–Trinajstić information content (AvgIpc) is 3.39. The molecule has 3 amide bonds. The molecular formula is C36H48N6O6S. The topological polar surface area (TPSA) is 153 Å². The van der Waals surface area contributed by atoms with Crippen LogP contribution in [0.4, 0.5) is 4.79 Å². The van der Waals surface area contributed by atoms with Crippen LogP contribution in [0, 0.1) is 16.2 Å². The number of aromatic nitrogens is 1. The number of hydrogen-bond donors (Lipinski definition) is 2. The first-order valence-corrected chi connectivity index (χ1v) is 18.0. The van der Waals surface area contributed by atoms with E-state index in [0.717, 1.165) is 11.1 Å². The van der Waals surface area contributed by atoms with Crippen LogP contribution in [0.25, 0.3) is 0 Å². The zero-order valence-corrected chi connectivity index (χ0v) is 29.7. The molecule has 0 aliphatic carbocycles. The van der Waals surface area contributed by atoms with Crippen molar-refractivity contribution in [2.45, 2.75) is 77.2 Å². The molecule has 2 heterocycles. The molecule has 1 aliphatic rings. The molecule has 0 unspecified atom stereocenters. The van der Waals surface area contributed by atoms with Crippen LogP contribution in [-0.2, 0) is 34.3 Å². The summed E-state index contributed by atoms with van der Waals surface area (Å²) in [5.41, 5.74) is 1.65. The number of rotatable bonds is 16. The van der Waals surface area contributed by atoms with Crippen molar-refractivity contribution in [2.24, 2.45) is 16.5 Å². The monoisotopic (exact) mass is 692 g/mol. The van der Waals surface area contributed by atoms with Gasteiger partial charge < -0.3 is 20.2 Å². The fourth-order valence-electron chi connectivity index (χ4n) is 6.12. The average molecular weight is 693 g/mol. The number of hydrogen-bond acceptors (Lipinski definition) is 8. The molecule has 3 aromatic rings. The van der Waals surface area contributed by atoms with Gasteiger partial charge in [-0.15, -0.1) is 0 Å². The summed E-state index contributed by atoms with van der Waals surface area (Å²) in [4.78, 5) is 46.1. The zero-order valence-electron chi connectivity index (χ0n) is 28.9. The van der Waals surface area contributed by atoms with E-state index in [2.05, 4.69) is 15.5 Å². The van der Waals surface area contributed by atoms with E-state index in [-0.39, 0.29) is 42.9 Å². The number of amides is 3. The van der Waals surface area contributed by atoms with Crippen LogP contribution < -0.4 is 5.32 Å². The van der Waals surface area contributed by atoms with Crippen LogP contribution in [-0.4, -0.2) is 88.9 Å². The molecule has 13 heteroatoms. The van der Waals surface area contributed by atoms with Crippen molar-refractivity contribution in [3.63, 3.8) is 0 Å². The third-order valence-corrected chi connectivity index (χ3v) is 10.3. The van der Waals surface area contributed by atoms with Crippen LogP contribution in [0.5, 0.6) is 0 Å².